The van der Waals surface area contributed by atoms with E-state index in [-0.39, 0.29) is 28.4 Å². The van der Waals surface area contributed by atoms with Crippen molar-refractivity contribution in [1.29, 1.82) is 0 Å². The van der Waals surface area contributed by atoms with E-state index in [1.165, 1.54) is 41.9 Å². The Kier molecular flexibility index (Phi) is 6.19. The molecule has 1 atom stereocenters. The number of esters is 1. The molecule has 0 spiro atoms. The number of hydrogen-bond acceptors (Lipinski definition) is 8. The summed E-state index contributed by atoms with van der Waals surface area (Å²) in [7, 11) is -3.78. The van der Waals surface area contributed by atoms with Gasteiger partial charge in [0, 0.05) is 4.88 Å². The van der Waals surface area contributed by atoms with Gasteiger partial charge in [-0.2, -0.15) is 0 Å². The van der Waals surface area contributed by atoms with E-state index in [2.05, 4.69) is 14.7 Å². The molecule has 9 nitrogen and oxygen atoms in total. The zero-order valence-corrected chi connectivity index (χ0v) is 19.7. The fraction of sp³-hybridized carbons (Fsp3) is 0.227. The minimum atomic E-state index is -3.78. The average Bonchev–Trinajstić information content (AvgIpc) is 3.40. The highest BCUT2D eigenvalue weighted by molar-refractivity contribution is 7.89. The van der Waals surface area contributed by atoms with Crippen LogP contribution in [-0.2, 0) is 21.3 Å². The molecule has 172 valence electrons. The Balaban J connectivity index is 1.46. The van der Waals surface area contributed by atoms with Gasteiger partial charge in [0.05, 0.1) is 28.7 Å². The van der Waals surface area contributed by atoms with Gasteiger partial charge in [-0.1, -0.05) is 0 Å². The van der Waals surface area contributed by atoms with Crippen LogP contribution in [0.3, 0.4) is 0 Å². The Morgan fingerprint density at radius 1 is 1.24 bits per heavy atom. The van der Waals surface area contributed by atoms with E-state index in [9.17, 15) is 18.0 Å². The van der Waals surface area contributed by atoms with Crippen molar-refractivity contribution in [3.8, 4) is 0 Å². The lowest BCUT2D eigenvalue weighted by molar-refractivity contribution is 0.0320. The highest BCUT2D eigenvalue weighted by Crippen LogP contribution is 2.27. The molecule has 0 aliphatic rings. The van der Waals surface area contributed by atoms with Gasteiger partial charge in [0.25, 0.3) is 5.56 Å². The van der Waals surface area contributed by atoms with Crippen molar-refractivity contribution < 1.29 is 22.4 Å². The Labute approximate surface area is 193 Å². The van der Waals surface area contributed by atoms with Gasteiger partial charge in [-0.3, -0.25) is 4.79 Å². The van der Waals surface area contributed by atoms with E-state index in [4.69, 9.17) is 9.15 Å². The van der Waals surface area contributed by atoms with Crippen molar-refractivity contribution in [3.05, 3.63) is 80.6 Å². The molecule has 4 aromatic rings. The van der Waals surface area contributed by atoms with Gasteiger partial charge in [0.15, 0.2) is 11.9 Å². The third kappa shape index (κ3) is 4.75. The molecule has 4 rings (SSSR count). The van der Waals surface area contributed by atoms with Crippen molar-refractivity contribution >= 4 is 37.5 Å². The average molecular weight is 488 g/mol. The molecule has 0 aliphatic carbocycles. The lowest BCUT2D eigenvalue weighted by atomic mass is 10.2. The van der Waals surface area contributed by atoms with E-state index >= 15 is 0 Å². The van der Waals surface area contributed by atoms with Crippen LogP contribution in [0.25, 0.3) is 10.2 Å². The van der Waals surface area contributed by atoms with Crippen LogP contribution >= 0.6 is 11.3 Å². The fourth-order valence-corrected chi connectivity index (χ4v) is 5.21. The summed E-state index contributed by atoms with van der Waals surface area (Å²) >= 11 is 1.41. The number of rotatable bonds is 7. The molecule has 0 amide bonds. The molecule has 33 heavy (non-hydrogen) atoms. The van der Waals surface area contributed by atoms with Crippen molar-refractivity contribution in [2.75, 3.05) is 0 Å². The lowest BCUT2D eigenvalue weighted by Crippen LogP contribution is -2.23. The van der Waals surface area contributed by atoms with E-state index in [0.29, 0.717) is 16.0 Å². The predicted octanol–water partition coefficient (Wildman–Crippen LogP) is 3.59. The quantitative estimate of drug-likeness (QED) is 0.381. The SMILES string of the molecule is Cc1sc2nc([C@@H](C)OC(=O)c3ccc(S(=O)(=O)NCc4ccco4)cc3)[nH]c(=O)c2c1C. The van der Waals surface area contributed by atoms with Gasteiger partial charge in [-0.25, -0.2) is 22.9 Å². The summed E-state index contributed by atoms with van der Waals surface area (Å²) in [5, 5.41) is 0.539. The number of nitrogens with zero attached hydrogens (tertiary/aromatic N) is 1. The minimum Gasteiger partial charge on any atom is -0.468 e. The van der Waals surface area contributed by atoms with Crippen molar-refractivity contribution in [2.24, 2.45) is 0 Å². The Morgan fingerprint density at radius 3 is 2.64 bits per heavy atom. The first-order valence-corrected chi connectivity index (χ1v) is 12.3. The summed E-state index contributed by atoms with van der Waals surface area (Å²) in [5.74, 6) is 0.0465. The molecular formula is C22H21N3O6S2. The Hall–Kier alpha value is -3.28. The molecule has 0 saturated heterocycles. The molecule has 0 aliphatic heterocycles. The van der Waals surface area contributed by atoms with Crippen LogP contribution in [0.5, 0.6) is 0 Å². The van der Waals surface area contributed by atoms with Gasteiger partial charge in [-0.15, -0.1) is 11.3 Å². The second-order valence-electron chi connectivity index (χ2n) is 7.39. The van der Waals surface area contributed by atoms with Gasteiger partial charge in [-0.05, 0) is 62.7 Å². The molecule has 2 N–H and O–H groups in total. The number of nitrogens with one attached hydrogen (secondary N) is 2. The Morgan fingerprint density at radius 2 is 1.97 bits per heavy atom. The molecule has 1 aromatic carbocycles. The summed E-state index contributed by atoms with van der Waals surface area (Å²) in [6, 6.07) is 8.67. The number of H-pyrrole nitrogens is 1. The molecular weight excluding hydrogens is 466 g/mol. The molecule has 11 heteroatoms. The predicted molar refractivity (Wildman–Crippen MR) is 123 cm³/mol. The maximum atomic E-state index is 12.6. The second kappa shape index (κ2) is 8.93. The molecule has 0 saturated carbocycles. The van der Waals surface area contributed by atoms with Crippen LogP contribution in [-0.4, -0.2) is 24.4 Å². The summed E-state index contributed by atoms with van der Waals surface area (Å²) in [6.07, 6.45) is 0.646. The number of benzene rings is 1. The van der Waals surface area contributed by atoms with Gasteiger partial charge >= 0.3 is 5.97 Å². The van der Waals surface area contributed by atoms with Crippen molar-refractivity contribution in [3.63, 3.8) is 0 Å². The highest BCUT2D eigenvalue weighted by Gasteiger charge is 2.20. The zero-order chi connectivity index (χ0) is 23.8. The molecule has 3 heterocycles. The van der Waals surface area contributed by atoms with Crippen molar-refractivity contribution in [1.82, 2.24) is 14.7 Å². The number of aromatic nitrogens is 2. The molecule has 0 unspecified atom stereocenters. The van der Waals surface area contributed by atoms with Gasteiger partial charge in [0.1, 0.15) is 10.6 Å². The number of sulfonamides is 1. The van der Waals surface area contributed by atoms with Crippen LogP contribution in [0.1, 0.15) is 45.4 Å². The molecule has 0 radical (unpaired) electrons. The monoisotopic (exact) mass is 487 g/mol. The number of fused-ring (bicyclic) bond motifs is 1. The van der Waals surface area contributed by atoms with E-state index < -0.39 is 22.1 Å². The van der Waals surface area contributed by atoms with E-state index in [1.54, 1.807) is 19.1 Å². The van der Waals surface area contributed by atoms with E-state index in [1.807, 2.05) is 13.8 Å². The summed E-state index contributed by atoms with van der Waals surface area (Å²) in [4.78, 5) is 33.7. The fourth-order valence-electron chi connectivity index (χ4n) is 3.18. The maximum Gasteiger partial charge on any atom is 0.338 e. The number of aryl methyl sites for hydroxylation is 2. The summed E-state index contributed by atoms with van der Waals surface area (Å²) in [6.45, 7) is 5.40. The standard InChI is InChI=1S/C22H21N3O6S2/c1-12-14(3)32-21-18(12)20(26)24-19(25-21)13(2)31-22(27)15-6-8-17(9-7-15)33(28,29)23-11-16-5-4-10-30-16/h4-10,13,23H,11H2,1-3H3,(H,24,25,26)/t13-/m1/s1. The van der Waals surface area contributed by atoms with Crippen LogP contribution in [0.4, 0.5) is 0 Å². The lowest BCUT2D eigenvalue weighted by Gasteiger charge is -2.13. The summed E-state index contributed by atoms with van der Waals surface area (Å²) in [5.41, 5.74) is 0.767. The Bertz CT molecular complexity index is 1470. The van der Waals surface area contributed by atoms with E-state index in [0.717, 1.165) is 10.4 Å². The maximum absolute atomic E-state index is 12.6. The first-order chi connectivity index (χ1) is 15.7. The topological polar surface area (TPSA) is 131 Å². The summed E-state index contributed by atoms with van der Waals surface area (Å²) < 4.78 is 37.8. The number of furan rings is 1. The number of aromatic amines is 1. The second-order valence-corrected chi connectivity index (χ2v) is 10.4. The molecule has 0 fully saturated rings. The molecule has 3 aromatic heterocycles. The number of hydrogen-bond donors (Lipinski definition) is 2. The largest absolute Gasteiger partial charge is 0.468 e. The smallest absolute Gasteiger partial charge is 0.338 e. The number of thiophene rings is 1. The highest BCUT2D eigenvalue weighted by atomic mass is 32.2. The van der Waals surface area contributed by atoms with Crippen molar-refractivity contribution in [2.45, 2.75) is 38.3 Å². The van der Waals surface area contributed by atoms with Crippen LogP contribution in [0.2, 0.25) is 0 Å². The zero-order valence-electron chi connectivity index (χ0n) is 18.0. The minimum absolute atomic E-state index is 0.00135. The van der Waals surface area contributed by atoms with Gasteiger partial charge < -0.3 is 14.1 Å². The number of carbonyl (C=O) groups excluding carboxylic acids is 1. The number of ether oxygens (including phenoxy) is 1. The van der Waals surface area contributed by atoms with Crippen LogP contribution in [0.15, 0.2) is 56.8 Å². The number of carbonyl (C=O) groups is 1. The third-order valence-electron chi connectivity index (χ3n) is 5.14. The first-order valence-electron chi connectivity index (χ1n) is 9.98. The van der Waals surface area contributed by atoms with Gasteiger partial charge in [0.2, 0.25) is 10.0 Å². The third-order valence-corrected chi connectivity index (χ3v) is 7.66. The molecule has 0 bridgehead atoms. The van der Waals surface area contributed by atoms with Crippen LogP contribution in [0, 0.1) is 13.8 Å². The van der Waals surface area contributed by atoms with Crippen LogP contribution < -0.4 is 10.3 Å². The normalized spacial score (nSPS) is 12.7. The first kappa shape index (κ1) is 22.9.